The molecule has 0 fully saturated rings. The Morgan fingerprint density at radius 1 is 0.658 bits per heavy atom. The van der Waals surface area contributed by atoms with Crippen LogP contribution in [0.2, 0.25) is 0 Å². The molecule has 0 radical (unpaired) electrons. The molecule has 4 aromatic carbocycles. The molecule has 5 heteroatoms. The molecule has 1 aliphatic heterocycles. The van der Waals surface area contributed by atoms with E-state index in [0.29, 0.717) is 0 Å². The molecule has 0 aliphatic carbocycles. The number of rotatable bonds is 4. The van der Waals surface area contributed by atoms with Gasteiger partial charge in [0.15, 0.2) is 6.29 Å². The largest absolute Gasteiger partial charge is 0.340 e. The highest BCUT2D eigenvalue weighted by Crippen LogP contribution is 2.36. The lowest BCUT2D eigenvalue weighted by Crippen LogP contribution is -2.47. The molecule has 1 aliphatic rings. The second-order valence-electron chi connectivity index (χ2n) is 9.62. The number of nitrogens with zero attached hydrogens (tertiary/aromatic N) is 4. The highest BCUT2D eigenvalue weighted by Gasteiger charge is 2.31. The lowest BCUT2D eigenvalue weighted by molar-refractivity contribution is 0.226. The summed E-state index contributed by atoms with van der Waals surface area (Å²) in [6.07, 6.45) is 1.49. The van der Waals surface area contributed by atoms with Gasteiger partial charge in [0.2, 0.25) is 0 Å². The number of hydrogen-bond acceptors (Lipinski definition) is 4. The third-order valence-corrected chi connectivity index (χ3v) is 7.33. The number of benzene rings is 4. The van der Waals surface area contributed by atoms with Crippen molar-refractivity contribution in [2.75, 3.05) is 7.05 Å². The molecule has 2 unspecified atom stereocenters. The fourth-order valence-corrected chi connectivity index (χ4v) is 5.51. The minimum atomic E-state index is -0.321. The van der Waals surface area contributed by atoms with Crippen molar-refractivity contribution >= 4 is 27.8 Å². The molecule has 6 aromatic rings. The number of amidine groups is 1. The quantitative estimate of drug-likeness (QED) is 0.288. The Hall–Kier alpha value is -4.74. The molecule has 2 aromatic heterocycles. The summed E-state index contributed by atoms with van der Waals surface area (Å²) in [6, 6.07) is 42.3. The topological polar surface area (TPSA) is 45.5 Å². The zero-order chi connectivity index (χ0) is 25.5. The number of fused-ring (bicyclic) bond motifs is 3. The molecule has 38 heavy (non-hydrogen) atoms. The Labute approximate surface area is 221 Å². The van der Waals surface area contributed by atoms with Gasteiger partial charge in [-0.05, 0) is 41.0 Å². The first kappa shape index (κ1) is 22.5. The van der Waals surface area contributed by atoms with Crippen molar-refractivity contribution in [3.8, 4) is 11.1 Å². The van der Waals surface area contributed by atoms with E-state index in [1.54, 1.807) is 0 Å². The predicted molar refractivity (Wildman–Crippen MR) is 155 cm³/mol. The Bertz CT molecular complexity index is 1760. The molecule has 5 nitrogen and oxygen atoms in total. The highest BCUT2D eigenvalue weighted by atomic mass is 15.4. The van der Waals surface area contributed by atoms with E-state index < -0.39 is 0 Å². The minimum Gasteiger partial charge on any atom is -0.340 e. The summed E-state index contributed by atoms with van der Waals surface area (Å²) >= 11 is 0. The normalized spacial score (nSPS) is 17.6. The molecular weight excluding hydrogens is 466 g/mol. The third-order valence-electron chi connectivity index (χ3n) is 7.33. The van der Waals surface area contributed by atoms with Crippen molar-refractivity contribution in [2.24, 2.45) is 4.99 Å². The van der Waals surface area contributed by atoms with Crippen LogP contribution in [0.3, 0.4) is 0 Å². The number of nitrogens with one attached hydrogen (secondary N) is 1. The van der Waals surface area contributed by atoms with Gasteiger partial charge in [-0.3, -0.25) is 10.3 Å². The van der Waals surface area contributed by atoms with Crippen LogP contribution in [0.25, 0.3) is 33.1 Å². The molecule has 184 valence electrons. The SMILES string of the molecule is CN1C(c2ccccc2)=NC(n2c3ccc(-c4ccccc4)cc3c3ncccc32)NC1c1ccccc1. The fraction of sp³-hybridized carbons (Fsp3) is 0.0909. The van der Waals surface area contributed by atoms with Gasteiger partial charge in [-0.25, -0.2) is 4.99 Å². The maximum Gasteiger partial charge on any atom is 0.184 e. The summed E-state index contributed by atoms with van der Waals surface area (Å²) in [6.45, 7) is 0. The maximum atomic E-state index is 5.30. The molecule has 2 atom stereocenters. The van der Waals surface area contributed by atoms with Crippen LogP contribution in [-0.4, -0.2) is 27.3 Å². The molecule has 7 rings (SSSR count). The zero-order valence-electron chi connectivity index (χ0n) is 21.1. The monoisotopic (exact) mass is 493 g/mol. The van der Waals surface area contributed by atoms with Crippen LogP contribution in [-0.2, 0) is 0 Å². The highest BCUT2D eigenvalue weighted by molar-refractivity contribution is 6.07. The van der Waals surface area contributed by atoms with Crippen LogP contribution >= 0.6 is 0 Å². The molecular formula is C33H27N5. The Balaban J connectivity index is 1.44. The first-order valence-corrected chi connectivity index (χ1v) is 12.9. The van der Waals surface area contributed by atoms with E-state index >= 15 is 0 Å². The average molecular weight is 494 g/mol. The Morgan fingerprint density at radius 3 is 2.08 bits per heavy atom. The van der Waals surface area contributed by atoms with Gasteiger partial charge in [-0.2, -0.15) is 0 Å². The van der Waals surface area contributed by atoms with Gasteiger partial charge in [-0.15, -0.1) is 0 Å². The summed E-state index contributed by atoms with van der Waals surface area (Å²) < 4.78 is 2.29. The van der Waals surface area contributed by atoms with Crippen molar-refractivity contribution in [1.29, 1.82) is 0 Å². The zero-order valence-corrected chi connectivity index (χ0v) is 21.1. The average Bonchev–Trinajstić information content (AvgIpc) is 3.32. The van der Waals surface area contributed by atoms with Gasteiger partial charge in [0.05, 0.1) is 16.6 Å². The van der Waals surface area contributed by atoms with E-state index in [0.717, 1.165) is 33.3 Å². The van der Waals surface area contributed by atoms with Gasteiger partial charge in [-0.1, -0.05) is 97.1 Å². The van der Waals surface area contributed by atoms with E-state index in [-0.39, 0.29) is 12.5 Å². The second-order valence-corrected chi connectivity index (χ2v) is 9.62. The van der Waals surface area contributed by atoms with Crippen LogP contribution in [0.4, 0.5) is 0 Å². The van der Waals surface area contributed by atoms with Crippen LogP contribution in [0.1, 0.15) is 23.6 Å². The van der Waals surface area contributed by atoms with Gasteiger partial charge in [0, 0.05) is 24.2 Å². The van der Waals surface area contributed by atoms with Crippen molar-refractivity contribution in [3.05, 3.63) is 139 Å². The summed E-state index contributed by atoms with van der Waals surface area (Å²) in [7, 11) is 2.10. The molecule has 1 N–H and O–H groups in total. The third kappa shape index (κ3) is 3.76. The molecule has 3 heterocycles. The number of pyridine rings is 1. The van der Waals surface area contributed by atoms with Crippen LogP contribution in [0.5, 0.6) is 0 Å². The Kier molecular flexibility index (Phi) is 5.49. The Morgan fingerprint density at radius 2 is 1.34 bits per heavy atom. The van der Waals surface area contributed by atoms with E-state index in [1.807, 2.05) is 24.4 Å². The van der Waals surface area contributed by atoms with Crippen LogP contribution < -0.4 is 5.32 Å². The van der Waals surface area contributed by atoms with Crippen molar-refractivity contribution in [2.45, 2.75) is 12.5 Å². The molecule has 0 bridgehead atoms. The molecule has 0 amide bonds. The van der Waals surface area contributed by atoms with E-state index in [2.05, 4.69) is 125 Å². The van der Waals surface area contributed by atoms with Gasteiger partial charge in [0.1, 0.15) is 12.0 Å². The standard InChI is InChI=1S/C33H27N5/c1-37-31(24-14-7-3-8-15-24)35-33(36-32(37)25-16-9-4-10-17-25)38-28-20-19-26(23-12-5-2-6-13-23)22-27(28)30-29(38)18-11-21-34-30/h2-22,31,33,35H,1H3. The van der Waals surface area contributed by atoms with Crippen molar-refractivity contribution in [3.63, 3.8) is 0 Å². The van der Waals surface area contributed by atoms with E-state index in [1.165, 1.54) is 16.7 Å². The number of hydrogen-bond donors (Lipinski definition) is 1. The summed E-state index contributed by atoms with van der Waals surface area (Å²) in [5.41, 5.74) is 7.78. The van der Waals surface area contributed by atoms with Crippen molar-refractivity contribution in [1.82, 2.24) is 19.8 Å². The van der Waals surface area contributed by atoms with Crippen LogP contribution in [0, 0.1) is 0 Å². The van der Waals surface area contributed by atoms with E-state index in [4.69, 9.17) is 9.98 Å². The molecule has 0 saturated heterocycles. The molecule has 0 spiro atoms. The van der Waals surface area contributed by atoms with Crippen LogP contribution in [0.15, 0.2) is 133 Å². The smallest absolute Gasteiger partial charge is 0.184 e. The van der Waals surface area contributed by atoms with Gasteiger partial charge < -0.3 is 9.47 Å². The first-order valence-electron chi connectivity index (χ1n) is 12.9. The molecule has 0 saturated carbocycles. The predicted octanol–water partition coefficient (Wildman–Crippen LogP) is 6.99. The second kappa shape index (κ2) is 9.29. The number of aromatic nitrogens is 2. The lowest BCUT2D eigenvalue weighted by atomic mass is 10.0. The minimum absolute atomic E-state index is 0.0540. The summed E-state index contributed by atoms with van der Waals surface area (Å²) in [5, 5.41) is 4.95. The fourth-order valence-electron chi connectivity index (χ4n) is 5.51. The first-order chi connectivity index (χ1) is 18.8. The van der Waals surface area contributed by atoms with Gasteiger partial charge >= 0.3 is 0 Å². The summed E-state index contributed by atoms with van der Waals surface area (Å²) in [4.78, 5) is 12.3. The van der Waals surface area contributed by atoms with E-state index in [9.17, 15) is 0 Å². The number of aliphatic imine (C=N–C) groups is 1. The summed E-state index contributed by atoms with van der Waals surface area (Å²) in [5.74, 6) is 0.947. The van der Waals surface area contributed by atoms with Gasteiger partial charge in [0.25, 0.3) is 0 Å². The lowest BCUT2D eigenvalue weighted by Gasteiger charge is -2.39. The van der Waals surface area contributed by atoms with Crippen molar-refractivity contribution < 1.29 is 0 Å². The maximum absolute atomic E-state index is 5.30.